The Bertz CT molecular complexity index is 1570. The number of hydrogen-bond acceptors (Lipinski definition) is 4. The molecule has 0 bridgehead atoms. The molecule has 0 aliphatic carbocycles. The van der Waals surface area contributed by atoms with Gasteiger partial charge in [-0.15, -0.1) is 0 Å². The average molecular weight is 606 g/mol. The molecule has 0 aromatic heterocycles. The summed E-state index contributed by atoms with van der Waals surface area (Å²) in [6, 6.07) is 34.4. The lowest BCUT2D eigenvalue weighted by Crippen LogP contribution is -2.43. The Morgan fingerprint density at radius 1 is 0.578 bits per heavy atom. The molecule has 4 aromatic carbocycles. The fourth-order valence-electron chi connectivity index (χ4n) is 4.45. The van der Waals surface area contributed by atoms with Gasteiger partial charge in [-0.1, -0.05) is 109 Å². The Balaban J connectivity index is 1.19. The molecule has 232 valence electrons. The van der Waals surface area contributed by atoms with Crippen LogP contribution in [0.25, 0.3) is 0 Å². The lowest BCUT2D eigenvalue weighted by atomic mass is 9.99. The summed E-state index contributed by atoms with van der Waals surface area (Å²) in [4.78, 5) is 33.2. The second kappa shape index (κ2) is 16.7. The smallest absolute Gasteiger partial charge is 0.321 e. The van der Waals surface area contributed by atoms with E-state index in [1.165, 1.54) is 0 Å². The molecule has 0 fully saturated rings. The standard InChI is InChI=1S/C34H39N9O2/c35-31(36)38-20-25-11-15-28(16-12-25)23-41-34(45)43-32(37)39-21-26-13-17-27(18-14-26)22-40-33(44)42-30(29-9-5-2-6-10-29)19-24-7-3-1-4-8-24/h1-18,30H,19-23H2,(H4,35,36,38)(H2,40,42,44)(H4,37,39,41,43,45). The number of guanidine groups is 2. The third-order valence-corrected chi connectivity index (χ3v) is 6.86. The second-order valence-corrected chi connectivity index (χ2v) is 10.4. The number of amides is 4. The van der Waals surface area contributed by atoms with Gasteiger partial charge in [0.25, 0.3) is 0 Å². The summed E-state index contributed by atoms with van der Waals surface area (Å²) in [6.45, 7) is 1.36. The number of rotatable bonds is 12. The number of benzene rings is 4. The molecular formula is C34H39N9O2. The first-order chi connectivity index (χ1) is 21.8. The normalized spacial score (nSPS) is 11.6. The highest BCUT2D eigenvalue weighted by molar-refractivity contribution is 5.95. The first kappa shape index (κ1) is 32.1. The predicted molar refractivity (Wildman–Crippen MR) is 178 cm³/mol. The highest BCUT2D eigenvalue weighted by Crippen LogP contribution is 2.18. The fraction of sp³-hybridized carbons (Fsp3) is 0.176. The number of nitrogens with zero attached hydrogens (tertiary/aromatic N) is 2. The van der Waals surface area contributed by atoms with E-state index in [1.54, 1.807) is 0 Å². The molecule has 1 atom stereocenters. The maximum Gasteiger partial charge on any atom is 0.321 e. The minimum absolute atomic E-state index is 0.00553. The van der Waals surface area contributed by atoms with E-state index >= 15 is 0 Å². The number of hydrogen-bond donors (Lipinski definition) is 7. The summed E-state index contributed by atoms with van der Waals surface area (Å²) in [5.74, 6) is 0.0428. The van der Waals surface area contributed by atoms with Crippen LogP contribution < -0.4 is 38.5 Å². The minimum atomic E-state index is -0.459. The molecule has 4 amide bonds. The Kier molecular flexibility index (Phi) is 11.9. The van der Waals surface area contributed by atoms with Crippen LogP contribution >= 0.6 is 0 Å². The number of urea groups is 2. The summed E-state index contributed by atoms with van der Waals surface area (Å²) >= 11 is 0. The van der Waals surface area contributed by atoms with E-state index in [-0.39, 0.29) is 30.5 Å². The zero-order chi connectivity index (χ0) is 31.9. The molecule has 11 nitrogen and oxygen atoms in total. The van der Waals surface area contributed by atoms with Crippen LogP contribution in [0, 0.1) is 0 Å². The summed E-state index contributed by atoms with van der Waals surface area (Å²) in [5.41, 5.74) is 22.5. The SMILES string of the molecule is NC(N)=NCc1ccc(CNC(=O)NC(N)=NCc2ccc(CNC(=O)NC(Cc3ccccc3)c3ccccc3)cc2)cc1. The maximum absolute atomic E-state index is 12.8. The number of aliphatic imine (C=N–C) groups is 2. The van der Waals surface area contributed by atoms with E-state index in [1.807, 2.05) is 97.1 Å². The van der Waals surface area contributed by atoms with Crippen molar-refractivity contribution in [1.29, 1.82) is 0 Å². The van der Waals surface area contributed by atoms with Crippen LogP contribution in [0.4, 0.5) is 9.59 Å². The predicted octanol–water partition coefficient (Wildman–Crippen LogP) is 3.56. The third kappa shape index (κ3) is 11.4. The number of carbonyl (C=O) groups excluding carboxylic acids is 2. The summed E-state index contributed by atoms with van der Waals surface area (Å²) < 4.78 is 0. The van der Waals surface area contributed by atoms with Gasteiger partial charge in [0.15, 0.2) is 11.9 Å². The summed E-state index contributed by atoms with van der Waals surface area (Å²) in [6.07, 6.45) is 0.684. The molecule has 45 heavy (non-hydrogen) atoms. The van der Waals surface area contributed by atoms with Gasteiger partial charge in [0.05, 0.1) is 19.1 Å². The molecule has 4 aromatic rings. The molecule has 0 spiro atoms. The largest absolute Gasteiger partial charge is 0.370 e. The van der Waals surface area contributed by atoms with Crippen molar-refractivity contribution in [2.75, 3.05) is 0 Å². The monoisotopic (exact) mass is 605 g/mol. The van der Waals surface area contributed by atoms with Gasteiger partial charge in [-0.25, -0.2) is 19.6 Å². The zero-order valence-corrected chi connectivity index (χ0v) is 24.9. The van der Waals surface area contributed by atoms with Crippen molar-refractivity contribution in [2.45, 2.75) is 38.6 Å². The van der Waals surface area contributed by atoms with Gasteiger partial charge in [-0.3, -0.25) is 5.32 Å². The lowest BCUT2D eigenvalue weighted by molar-refractivity contribution is 0.236. The van der Waals surface area contributed by atoms with Crippen molar-refractivity contribution in [3.8, 4) is 0 Å². The molecule has 4 rings (SSSR count). The van der Waals surface area contributed by atoms with Crippen molar-refractivity contribution in [3.63, 3.8) is 0 Å². The summed E-state index contributed by atoms with van der Waals surface area (Å²) in [5, 5.41) is 11.3. The van der Waals surface area contributed by atoms with Crippen LogP contribution in [-0.2, 0) is 32.6 Å². The third-order valence-electron chi connectivity index (χ3n) is 6.86. The van der Waals surface area contributed by atoms with E-state index < -0.39 is 6.03 Å². The Morgan fingerprint density at radius 3 is 1.62 bits per heavy atom. The average Bonchev–Trinajstić information content (AvgIpc) is 3.06. The summed E-state index contributed by atoms with van der Waals surface area (Å²) in [7, 11) is 0. The van der Waals surface area contributed by atoms with Gasteiger partial charge in [0.1, 0.15) is 0 Å². The number of carbonyl (C=O) groups is 2. The van der Waals surface area contributed by atoms with Crippen LogP contribution in [0.1, 0.15) is 39.4 Å². The molecule has 0 aliphatic rings. The van der Waals surface area contributed by atoms with E-state index in [2.05, 4.69) is 43.4 Å². The molecule has 1 unspecified atom stereocenters. The molecule has 0 aliphatic heterocycles. The van der Waals surface area contributed by atoms with Gasteiger partial charge < -0.3 is 33.2 Å². The van der Waals surface area contributed by atoms with Crippen LogP contribution in [0.3, 0.4) is 0 Å². The topological polar surface area (TPSA) is 185 Å². The Morgan fingerprint density at radius 2 is 1.07 bits per heavy atom. The van der Waals surface area contributed by atoms with Crippen LogP contribution in [0.15, 0.2) is 119 Å². The number of nitrogens with two attached hydrogens (primary N) is 3. The molecule has 0 saturated heterocycles. The van der Waals surface area contributed by atoms with E-state index in [0.29, 0.717) is 26.1 Å². The molecular weight excluding hydrogens is 566 g/mol. The zero-order valence-electron chi connectivity index (χ0n) is 24.9. The quantitative estimate of drug-likeness (QED) is 0.0960. The lowest BCUT2D eigenvalue weighted by Gasteiger charge is -2.20. The Labute approximate surface area is 263 Å². The van der Waals surface area contributed by atoms with Crippen molar-refractivity contribution < 1.29 is 9.59 Å². The van der Waals surface area contributed by atoms with Crippen molar-refractivity contribution >= 4 is 24.0 Å². The van der Waals surface area contributed by atoms with E-state index in [4.69, 9.17) is 17.2 Å². The first-order valence-corrected chi connectivity index (χ1v) is 14.5. The fourth-order valence-corrected chi connectivity index (χ4v) is 4.45. The van der Waals surface area contributed by atoms with Gasteiger partial charge in [-0.05, 0) is 39.8 Å². The molecule has 0 radical (unpaired) electrons. The molecule has 0 saturated carbocycles. The number of nitrogens with one attached hydrogen (secondary N) is 4. The van der Waals surface area contributed by atoms with Gasteiger partial charge in [-0.2, -0.15) is 0 Å². The molecule has 0 heterocycles. The maximum atomic E-state index is 12.8. The minimum Gasteiger partial charge on any atom is -0.370 e. The van der Waals surface area contributed by atoms with E-state index in [9.17, 15) is 9.59 Å². The second-order valence-electron chi connectivity index (χ2n) is 10.4. The van der Waals surface area contributed by atoms with Crippen LogP contribution in [-0.4, -0.2) is 24.0 Å². The molecule has 10 N–H and O–H groups in total. The molecule has 11 heteroatoms. The highest BCUT2D eigenvalue weighted by atomic mass is 16.2. The van der Waals surface area contributed by atoms with Crippen molar-refractivity contribution in [2.24, 2.45) is 27.2 Å². The van der Waals surface area contributed by atoms with Gasteiger partial charge in [0, 0.05) is 13.1 Å². The van der Waals surface area contributed by atoms with Crippen molar-refractivity contribution in [1.82, 2.24) is 21.3 Å². The van der Waals surface area contributed by atoms with E-state index in [0.717, 1.165) is 33.4 Å². The van der Waals surface area contributed by atoms with Gasteiger partial charge >= 0.3 is 12.1 Å². The Hall–Kier alpha value is -5.84. The first-order valence-electron chi connectivity index (χ1n) is 14.5. The van der Waals surface area contributed by atoms with Crippen molar-refractivity contribution in [3.05, 3.63) is 143 Å². The highest BCUT2D eigenvalue weighted by Gasteiger charge is 2.15. The van der Waals surface area contributed by atoms with Gasteiger partial charge in [0.2, 0.25) is 0 Å². The van der Waals surface area contributed by atoms with Crippen LogP contribution in [0.2, 0.25) is 0 Å². The van der Waals surface area contributed by atoms with Crippen LogP contribution in [0.5, 0.6) is 0 Å².